The molecule has 0 aromatic heterocycles. The predicted molar refractivity (Wildman–Crippen MR) is 45.9 cm³/mol. The van der Waals surface area contributed by atoms with Gasteiger partial charge in [0.05, 0.1) is 0 Å². The fourth-order valence-electron chi connectivity index (χ4n) is 1.00. The van der Waals surface area contributed by atoms with Gasteiger partial charge in [0.1, 0.15) is 5.76 Å². The zero-order valence-electron chi connectivity index (χ0n) is 6.83. The molecule has 0 saturated heterocycles. The highest BCUT2D eigenvalue weighted by Crippen LogP contribution is 2.23. The third kappa shape index (κ3) is 2.15. The van der Waals surface area contributed by atoms with Crippen LogP contribution in [0.1, 0.15) is 13.8 Å². The molecule has 0 radical (unpaired) electrons. The van der Waals surface area contributed by atoms with E-state index in [-0.39, 0.29) is 11.2 Å². The summed E-state index contributed by atoms with van der Waals surface area (Å²) >= 11 is 0. The van der Waals surface area contributed by atoms with E-state index in [0.717, 1.165) is 0 Å². The van der Waals surface area contributed by atoms with Gasteiger partial charge in [0.2, 0.25) is 0 Å². The number of rotatable bonds is 0. The van der Waals surface area contributed by atoms with Gasteiger partial charge in [0.25, 0.3) is 0 Å². The first-order chi connectivity index (χ1) is 4.99. The Hall–Kier alpha value is -1.18. The van der Waals surface area contributed by atoms with Gasteiger partial charge in [-0.25, -0.2) is 0 Å². The van der Waals surface area contributed by atoms with Crippen LogP contribution in [-0.4, -0.2) is 5.11 Å². The summed E-state index contributed by atoms with van der Waals surface area (Å²) in [5, 5.41) is 9.26. The first-order valence-electron chi connectivity index (χ1n) is 3.58. The van der Waals surface area contributed by atoms with Crippen LogP contribution in [0.25, 0.3) is 0 Å². The van der Waals surface area contributed by atoms with Crippen molar-refractivity contribution in [2.75, 3.05) is 0 Å². The van der Waals surface area contributed by atoms with E-state index in [4.69, 9.17) is 5.73 Å². The van der Waals surface area contributed by atoms with Gasteiger partial charge >= 0.3 is 0 Å². The highest BCUT2D eigenvalue weighted by atomic mass is 16.3. The van der Waals surface area contributed by atoms with E-state index in [1.807, 2.05) is 19.9 Å². The molecular formula is C9H13NO. The highest BCUT2D eigenvalue weighted by molar-refractivity contribution is 5.31. The van der Waals surface area contributed by atoms with E-state index in [1.54, 1.807) is 18.2 Å². The van der Waals surface area contributed by atoms with Crippen LogP contribution in [-0.2, 0) is 0 Å². The Kier molecular flexibility index (Phi) is 1.77. The second-order valence-electron chi connectivity index (χ2n) is 3.37. The van der Waals surface area contributed by atoms with E-state index >= 15 is 0 Å². The standard InChI is InChI=1S/C9H13NO/c1-9(2)4-3-7(10)5-8(11)6-9/h3-6,11H,10H2,1-2H3. The van der Waals surface area contributed by atoms with Gasteiger partial charge < -0.3 is 10.8 Å². The maximum Gasteiger partial charge on any atom is 0.114 e. The lowest BCUT2D eigenvalue weighted by Crippen LogP contribution is -2.02. The maximum absolute atomic E-state index is 9.26. The lowest BCUT2D eigenvalue weighted by Gasteiger charge is -2.12. The molecule has 2 nitrogen and oxygen atoms in total. The van der Waals surface area contributed by atoms with Crippen LogP contribution in [0.5, 0.6) is 0 Å². The van der Waals surface area contributed by atoms with Gasteiger partial charge in [0, 0.05) is 17.2 Å². The molecule has 0 aliphatic heterocycles. The number of allylic oxidation sites excluding steroid dienone is 4. The van der Waals surface area contributed by atoms with E-state index in [1.165, 1.54) is 0 Å². The van der Waals surface area contributed by atoms with Crippen molar-refractivity contribution in [1.29, 1.82) is 0 Å². The fraction of sp³-hybridized carbons (Fsp3) is 0.333. The van der Waals surface area contributed by atoms with Crippen LogP contribution in [0.15, 0.2) is 35.8 Å². The first-order valence-corrected chi connectivity index (χ1v) is 3.58. The molecule has 0 amide bonds. The largest absolute Gasteiger partial charge is 0.508 e. The zero-order valence-corrected chi connectivity index (χ0v) is 6.83. The molecule has 60 valence electrons. The summed E-state index contributed by atoms with van der Waals surface area (Å²) in [5.74, 6) is 0.234. The van der Waals surface area contributed by atoms with Crippen molar-refractivity contribution in [3.8, 4) is 0 Å². The van der Waals surface area contributed by atoms with Crippen molar-refractivity contribution in [2.45, 2.75) is 13.8 Å². The van der Waals surface area contributed by atoms with Crippen molar-refractivity contribution in [3.05, 3.63) is 35.8 Å². The Morgan fingerprint density at radius 1 is 1.45 bits per heavy atom. The van der Waals surface area contributed by atoms with Crippen LogP contribution in [0, 0.1) is 5.41 Å². The lowest BCUT2D eigenvalue weighted by atomic mass is 9.93. The summed E-state index contributed by atoms with van der Waals surface area (Å²) < 4.78 is 0. The number of nitrogens with two attached hydrogens (primary N) is 1. The van der Waals surface area contributed by atoms with Gasteiger partial charge in [-0.2, -0.15) is 0 Å². The molecule has 0 unspecified atom stereocenters. The van der Waals surface area contributed by atoms with Crippen LogP contribution in [0.3, 0.4) is 0 Å². The normalized spacial score (nSPS) is 22.0. The summed E-state index contributed by atoms with van der Waals surface area (Å²) in [6.45, 7) is 4.01. The molecule has 1 rings (SSSR count). The molecule has 0 aromatic rings. The molecule has 0 saturated carbocycles. The Morgan fingerprint density at radius 2 is 2.09 bits per heavy atom. The summed E-state index contributed by atoms with van der Waals surface area (Å²) in [7, 11) is 0. The van der Waals surface area contributed by atoms with E-state index < -0.39 is 0 Å². The second-order valence-corrected chi connectivity index (χ2v) is 3.37. The predicted octanol–water partition coefficient (Wildman–Crippen LogP) is 1.87. The second kappa shape index (κ2) is 2.46. The van der Waals surface area contributed by atoms with E-state index in [0.29, 0.717) is 5.70 Å². The van der Waals surface area contributed by atoms with Gasteiger partial charge in [-0.15, -0.1) is 0 Å². The van der Waals surface area contributed by atoms with Crippen LogP contribution in [0.2, 0.25) is 0 Å². The Balaban J connectivity index is 3.02. The molecule has 2 heteroatoms. The number of hydrogen-bond donors (Lipinski definition) is 2. The molecule has 0 spiro atoms. The maximum atomic E-state index is 9.26. The van der Waals surface area contributed by atoms with Crippen LogP contribution < -0.4 is 5.73 Å². The number of aliphatic hydroxyl groups excluding tert-OH is 1. The van der Waals surface area contributed by atoms with Gasteiger partial charge in [-0.3, -0.25) is 0 Å². The average molecular weight is 151 g/mol. The van der Waals surface area contributed by atoms with Crippen LogP contribution in [0.4, 0.5) is 0 Å². The molecule has 1 aliphatic rings. The van der Waals surface area contributed by atoms with Gasteiger partial charge in [-0.05, 0) is 12.2 Å². The van der Waals surface area contributed by atoms with Crippen molar-refractivity contribution < 1.29 is 5.11 Å². The van der Waals surface area contributed by atoms with Crippen LogP contribution >= 0.6 is 0 Å². The molecule has 0 aromatic carbocycles. The fourth-order valence-corrected chi connectivity index (χ4v) is 1.00. The third-order valence-electron chi connectivity index (χ3n) is 1.54. The molecule has 0 bridgehead atoms. The quantitative estimate of drug-likeness (QED) is 0.555. The average Bonchev–Trinajstić information content (AvgIpc) is 1.90. The van der Waals surface area contributed by atoms with Crippen molar-refractivity contribution in [1.82, 2.24) is 0 Å². The van der Waals surface area contributed by atoms with E-state index in [9.17, 15) is 5.11 Å². The van der Waals surface area contributed by atoms with Gasteiger partial charge in [0.15, 0.2) is 0 Å². The number of aliphatic hydroxyl groups is 1. The molecular weight excluding hydrogens is 138 g/mol. The minimum atomic E-state index is -0.109. The summed E-state index contributed by atoms with van der Waals surface area (Å²) in [6, 6.07) is 0. The molecule has 0 heterocycles. The smallest absolute Gasteiger partial charge is 0.114 e. The monoisotopic (exact) mass is 151 g/mol. The molecule has 3 N–H and O–H groups in total. The minimum absolute atomic E-state index is 0.109. The number of hydrogen-bond acceptors (Lipinski definition) is 2. The van der Waals surface area contributed by atoms with Gasteiger partial charge in [-0.1, -0.05) is 19.9 Å². The van der Waals surface area contributed by atoms with Crippen molar-refractivity contribution in [2.24, 2.45) is 11.1 Å². The Morgan fingerprint density at radius 3 is 2.73 bits per heavy atom. The minimum Gasteiger partial charge on any atom is -0.508 e. The lowest BCUT2D eigenvalue weighted by molar-refractivity contribution is 0.418. The first kappa shape index (κ1) is 7.92. The molecule has 0 fully saturated rings. The molecule has 0 atom stereocenters. The van der Waals surface area contributed by atoms with E-state index in [2.05, 4.69) is 0 Å². The van der Waals surface area contributed by atoms with Crippen molar-refractivity contribution in [3.63, 3.8) is 0 Å². The summed E-state index contributed by atoms with van der Waals surface area (Å²) in [4.78, 5) is 0. The summed E-state index contributed by atoms with van der Waals surface area (Å²) in [6.07, 6.45) is 7.08. The Labute approximate surface area is 66.7 Å². The SMILES string of the molecule is CC1(C)C=CC(N)=CC(O)=C1. The topological polar surface area (TPSA) is 46.2 Å². The molecule has 1 aliphatic carbocycles. The van der Waals surface area contributed by atoms with Crippen molar-refractivity contribution >= 4 is 0 Å². The molecule has 11 heavy (non-hydrogen) atoms. The Bertz CT molecular complexity index is 246. The zero-order chi connectivity index (χ0) is 8.48. The highest BCUT2D eigenvalue weighted by Gasteiger charge is 2.12. The summed E-state index contributed by atoms with van der Waals surface area (Å²) in [5.41, 5.74) is 6.00. The third-order valence-corrected chi connectivity index (χ3v) is 1.54.